The van der Waals surface area contributed by atoms with E-state index in [2.05, 4.69) is 5.92 Å². The van der Waals surface area contributed by atoms with Crippen LogP contribution in [0.3, 0.4) is 0 Å². The first kappa shape index (κ1) is 11.0. The second-order valence-electron chi connectivity index (χ2n) is 3.19. The molecule has 1 atom stereocenters. The van der Waals surface area contributed by atoms with Crippen LogP contribution >= 0.6 is 0 Å². The third-order valence-corrected chi connectivity index (χ3v) is 2.77. The first-order valence-electron chi connectivity index (χ1n) is 4.11. The predicted molar refractivity (Wildman–Crippen MR) is 49.9 cm³/mol. The van der Waals surface area contributed by atoms with Crippen molar-refractivity contribution in [3.63, 3.8) is 0 Å². The lowest BCUT2D eigenvalue weighted by atomic mass is 10.1. The SMILES string of the molecule is C#CC1CC(=O)N(CCS(=O)(=O)O)C1. The normalized spacial score (nSPS) is 22.4. The Hall–Kier alpha value is -1.06. The molecule has 0 radical (unpaired) electrons. The summed E-state index contributed by atoms with van der Waals surface area (Å²) in [4.78, 5) is 12.6. The van der Waals surface area contributed by atoms with Gasteiger partial charge in [0.1, 0.15) is 0 Å². The van der Waals surface area contributed by atoms with Gasteiger partial charge in [0.25, 0.3) is 10.1 Å². The van der Waals surface area contributed by atoms with E-state index in [4.69, 9.17) is 11.0 Å². The zero-order valence-corrected chi connectivity index (χ0v) is 8.33. The van der Waals surface area contributed by atoms with Gasteiger partial charge in [-0.3, -0.25) is 9.35 Å². The van der Waals surface area contributed by atoms with E-state index < -0.39 is 15.9 Å². The van der Waals surface area contributed by atoms with E-state index >= 15 is 0 Å². The van der Waals surface area contributed by atoms with Crippen LogP contribution in [-0.2, 0) is 14.9 Å². The molecular formula is C8H11NO4S. The van der Waals surface area contributed by atoms with Gasteiger partial charge in [0.2, 0.25) is 5.91 Å². The maximum absolute atomic E-state index is 11.2. The summed E-state index contributed by atoms with van der Waals surface area (Å²) in [7, 11) is -4.00. The van der Waals surface area contributed by atoms with Gasteiger partial charge in [-0.25, -0.2) is 0 Å². The zero-order chi connectivity index (χ0) is 10.8. The minimum Gasteiger partial charge on any atom is -0.340 e. The van der Waals surface area contributed by atoms with Crippen molar-refractivity contribution < 1.29 is 17.8 Å². The lowest BCUT2D eigenvalue weighted by Gasteiger charge is -2.13. The Morgan fingerprint density at radius 3 is 2.71 bits per heavy atom. The van der Waals surface area contributed by atoms with Gasteiger partial charge in [-0.05, 0) is 0 Å². The molecule has 1 unspecified atom stereocenters. The molecule has 1 heterocycles. The Morgan fingerprint density at radius 2 is 2.29 bits per heavy atom. The van der Waals surface area contributed by atoms with Crippen LogP contribution in [0.1, 0.15) is 6.42 Å². The summed E-state index contributed by atoms with van der Waals surface area (Å²) in [6.07, 6.45) is 5.41. The summed E-state index contributed by atoms with van der Waals surface area (Å²) >= 11 is 0. The number of nitrogens with zero attached hydrogens (tertiary/aromatic N) is 1. The van der Waals surface area contributed by atoms with Crippen molar-refractivity contribution in [2.45, 2.75) is 6.42 Å². The maximum Gasteiger partial charge on any atom is 0.266 e. The molecule has 1 fully saturated rings. The number of carbonyl (C=O) groups is 1. The monoisotopic (exact) mass is 217 g/mol. The molecule has 0 saturated carbocycles. The second-order valence-corrected chi connectivity index (χ2v) is 4.77. The van der Waals surface area contributed by atoms with Gasteiger partial charge in [0, 0.05) is 25.4 Å². The average Bonchev–Trinajstić information content (AvgIpc) is 2.42. The van der Waals surface area contributed by atoms with Crippen molar-refractivity contribution in [1.29, 1.82) is 0 Å². The van der Waals surface area contributed by atoms with Crippen LogP contribution < -0.4 is 0 Å². The van der Waals surface area contributed by atoms with E-state index in [1.165, 1.54) is 4.90 Å². The second kappa shape index (κ2) is 3.98. The van der Waals surface area contributed by atoms with Crippen molar-refractivity contribution in [3.05, 3.63) is 0 Å². The first-order chi connectivity index (χ1) is 6.42. The minimum atomic E-state index is -4.00. The van der Waals surface area contributed by atoms with Gasteiger partial charge in [-0.1, -0.05) is 0 Å². The highest BCUT2D eigenvalue weighted by molar-refractivity contribution is 7.85. The van der Waals surface area contributed by atoms with Crippen LogP contribution in [0.4, 0.5) is 0 Å². The molecule has 1 saturated heterocycles. The third kappa shape index (κ3) is 3.01. The minimum absolute atomic E-state index is 0.00977. The predicted octanol–water partition coefficient (Wildman–Crippen LogP) is -0.644. The van der Waals surface area contributed by atoms with Gasteiger partial charge in [-0.15, -0.1) is 12.3 Å². The highest BCUT2D eigenvalue weighted by Crippen LogP contribution is 2.16. The van der Waals surface area contributed by atoms with Crippen LogP contribution in [0, 0.1) is 18.3 Å². The van der Waals surface area contributed by atoms with Crippen molar-refractivity contribution in [2.75, 3.05) is 18.8 Å². The fourth-order valence-corrected chi connectivity index (χ4v) is 1.78. The van der Waals surface area contributed by atoms with Crippen LogP contribution in [0.5, 0.6) is 0 Å². The van der Waals surface area contributed by atoms with Crippen LogP contribution in [0.2, 0.25) is 0 Å². The fraction of sp³-hybridized carbons (Fsp3) is 0.625. The fourth-order valence-electron chi connectivity index (χ4n) is 1.33. The molecule has 1 N–H and O–H groups in total. The number of likely N-dealkylation sites (tertiary alicyclic amines) is 1. The molecule has 5 nitrogen and oxygen atoms in total. The summed E-state index contributed by atoms with van der Waals surface area (Å²) in [5.74, 6) is 1.72. The smallest absolute Gasteiger partial charge is 0.266 e. The maximum atomic E-state index is 11.2. The largest absolute Gasteiger partial charge is 0.340 e. The van der Waals surface area contributed by atoms with Crippen LogP contribution in [-0.4, -0.2) is 42.6 Å². The summed E-state index contributed by atoms with van der Waals surface area (Å²) in [5.41, 5.74) is 0. The highest BCUT2D eigenvalue weighted by atomic mass is 32.2. The molecule has 0 aliphatic carbocycles. The molecule has 0 aromatic rings. The Labute approximate surface area is 82.8 Å². The standard InChI is InChI=1S/C8H11NO4S/c1-2-7-5-8(10)9(6-7)3-4-14(11,12)13/h1,7H,3-6H2,(H,11,12,13). The van der Waals surface area contributed by atoms with E-state index in [1.54, 1.807) is 0 Å². The van der Waals surface area contributed by atoms with E-state index in [-0.39, 0.29) is 24.8 Å². The van der Waals surface area contributed by atoms with Crippen molar-refractivity contribution in [3.8, 4) is 12.3 Å². The Kier molecular flexibility index (Phi) is 3.13. The van der Waals surface area contributed by atoms with Gasteiger partial charge in [0.05, 0.1) is 5.75 Å². The lowest BCUT2D eigenvalue weighted by Crippen LogP contribution is -2.30. The van der Waals surface area contributed by atoms with Crippen molar-refractivity contribution in [2.24, 2.45) is 5.92 Å². The van der Waals surface area contributed by atoms with E-state index in [0.29, 0.717) is 6.54 Å². The lowest BCUT2D eigenvalue weighted by molar-refractivity contribution is -0.127. The number of hydrogen-bond donors (Lipinski definition) is 1. The van der Waals surface area contributed by atoms with Gasteiger partial charge in [0.15, 0.2) is 0 Å². The molecule has 1 aliphatic heterocycles. The Bertz CT molecular complexity index is 367. The number of hydrogen-bond acceptors (Lipinski definition) is 3. The molecule has 1 aliphatic rings. The summed E-state index contributed by atoms with van der Waals surface area (Å²) in [6, 6.07) is 0. The molecule has 14 heavy (non-hydrogen) atoms. The summed E-state index contributed by atoms with van der Waals surface area (Å²) in [6.45, 7) is 0.390. The van der Waals surface area contributed by atoms with Gasteiger partial charge < -0.3 is 4.90 Å². The molecular weight excluding hydrogens is 206 g/mol. The van der Waals surface area contributed by atoms with E-state index in [0.717, 1.165) is 0 Å². The van der Waals surface area contributed by atoms with Crippen molar-refractivity contribution >= 4 is 16.0 Å². The van der Waals surface area contributed by atoms with Crippen molar-refractivity contribution in [1.82, 2.24) is 4.90 Å². The molecule has 6 heteroatoms. The van der Waals surface area contributed by atoms with Gasteiger partial charge >= 0.3 is 0 Å². The van der Waals surface area contributed by atoms with Gasteiger partial charge in [-0.2, -0.15) is 8.42 Å². The first-order valence-corrected chi connectivity index (χ1v) is 5.72. The average molecular weight is 217 g/mol. The van der Waals surface area contributed by atoms with E-state index in [1.807, 2.05) is 0 Å². The third-order valence-electron chi connectivity index (χ3n) is 2.07. The topological polar surface area (TPSA) is 74.7 Å². The molecule has 0 bridgehead atoms. The molecule has 0 spiro atoms. The molecule has 78 valence electrons. The Morgan fingerprint density at radius 1 is 1.64 bits per heavy atom. The van der Waals surface area contributed by atoms with Crippen LogP contribution in [0.15, 0.2) is 0 Å². The molecule has 0 aromatic heterocycles. The molecule has 1 amide bonds. The summed E-state index contributed by atoms with van der Waals surface area (Å²) < 4.78 is 29.3. The number of rotatable bonds is 3. The van der Waals surface area contributed by atoms with E-state index in [9.17, 15) is 13.2 Å². The number of terminal acetylenes is 1. The van der Waals surface area contributed by atoms with Crippen LogP contribution in [0.25, 0.3) is 0 Å². The quantitative estimate of drug-likeness (QED) is 0.504. The highest BCUT2D eigenvalue weighted by Gasteiger charge is 2.28. The number of amides is 1. The molecule has 0 aromatic carbocycles. The summed E-state index contributed by atoms with van der Waals surface area (Å²) in [5, 5.41) is 0. The Balaban J connectivity index is 2.48. The number of carbonyl (C=O) groups excluding carboxylic acids is 1. The molecule has 1 rings (SSSR count). The zero-order valence-electron chi connectivity index (χ0n) is 7.51.